The summed E-state index contributed by atoms with van der Waals surface area (Å²) in [6.45, 7) is 7.30. The maximum atomic E-state index is 9.47. The van der Waals surface area contributed by atoms with Crippen LogP contribution in [0.5, 0.6) is 0 Å². The summed E-state index contributed by atoms with van der Waals surface area (Å²) in [5.74, 6) is 0. The molecule has 0 fully saturated rings. The Bertz CT molecular complexity index is 125. The van der Waals surface area contributed by atoms with Gasteiger partial charge in [-0.15, -0.1) is 0 Å². The highest BCUT2D eigenvalue weighted by molar-refractivity contribution is 6.63. The van der Waals surface area contributed by atoms with E-state index in [1.807, 2.05) is 13.8 Å². The molecule has 0 spiro atoms. The normalized spacial score (nSPS) is 17.5. The van der Waals surface area contributed by atoms with Gasteiger partial charge in [0.05, 0.1) is 12.4 Å². The number of hydrogen-bond donors (Lipinski definition) is 3. The molecular weight excluding hydrogens is 172 g/mol. The lowest BCUT2D eigenvalue weighted by atomic mass is 10.4. The van der Waals surface area contributed by atoms with Crippen LogP contribution >= 0.6 is 0 Å². The molecule has 0 heterocycles. The van der Waals surface area contributed by atoms with Crippen LogP contribution in [0.25, 0.3) is 0 Å². The minimum atomic E-state index is -2.43. The van der Waals surface area contributed by atoms with E-state index in [0.717, 1.165) is 6.42 Å². The third-order valence-electron chi connectivity index (χ3n) is 1.25. The van der Waals surface area contributed by atoms with Crippen molar-refractivity contribution in [2.24, 2.45) is 5.73 Å². The van der Waals surface area contributed by atoms with Gasteiger partial charge in [0.1, 0.15) is 0 Å². The van der Waals surface area contributed by atoms with Crippen LogP contribution in [0, 0.1) is 0 Å². The van der Waals surface area contributed by atoms with Crippen molar-refractivity contribution >= 4 is 8.56 Å². The maximum Gasteiger partial charge on any atom is 0.330 e. The van der Waals surface area contributed by atoms with E-state index in [1.54, 1.807) is 13.1 Å². The molecule has 0 aliphatic heterocycles. The molecule has 0 aromatic rings. The standard InChI is InChI=1S/C7H20N2O2Si/c1-5-7(9-6(2)8)11-12(3,4)10/h6-7,9-10H,5,8H2,1-4H3. The maximum absolute atomic E-state index is 9.47. The largest absolute Gasteiger partial charge is 0.411 e. The summed E-state index contributed by atoms with van der Waals surface area (Å²) in [7, 11) is -2.43. The van der Waals surface area contributed by atoms with Crippen LogP contribution in [0.1, 0.15) is 20.3 Å². The Morgan fingerprint density at radius 3 is 2.33 bits per heavy atom. The molecular formula is C7H20N2O2Si. The highest BCUT2D eigenvalue weighted by Gasteiger charge is 2.23. The predicted octanol–water partition coefficient (Wildman–Crippen LogP) is 0.327. The van der Waals surface area contributed by atoms with Gasteiger partial charge in [0.15, 0.2) is 0 Å². The first-order chi connectivity index (χ1) is 5.35. The molecule has 5 heteroatoms. The quantitative estimate of drug-likeness (QED) is 0.434. The van der Waals surface area contributed by atoms with E-state index in [-0.39, 0.29) is 12.4 Å². The Hall–Kier alpha value is 0.0569. The Balaban J connectivity index is 3.83. The molecule has 0 amide bonds. The third kappa shape index (κ3) is 6.75. The molecule has 74 valence electrons. The molecule has 0 bridgehead atoms. The molecule has 0 saturated carbocycles. The molecule has 0 saturated heterocycles. The summed E-state index contributed by atoms with van der Waals surface area (Å²) >= 11 is 0. The number of nitrogens with one attached hydrogen (secondary N) is 1. The molecule has 2 atom stereocenters. The lowest BCUT2D eigenvalue weighted by molar-refractivity contribution is 0.109. The van der Waals surface area contributed by atoms with Crippen LogP contribution in [0.2, 0.25) is 13.1 Å². The van der Waals surface area contributed by atoms with Crippen molar-refractivity contribution in [1.29, 1.82) is 0 Å². The van der Waals surface area contributed by atoms with Gasteiger partial charge in [-0.05, 0) is 26.4 Å². The molecule has 0 rings (SSSR count). The number of hydrogen-bond acceptors (Lipinski definition) is 4. The van der Waals surface area contributed by atoms with E-state index in [1.165, 1.54) is 0 Å². The van der Waals surface area contributed by atoms with Crippen molar-refractivity contribution in [3.63, 3.8) is 0 Å². The van der Waals surface area contributed by atoms with Crippen molar-refractivity contribution in [3.05, 3.63) is 0 Å². The van der Waals surface area contributed by atoms with Gasteiger partial charge in [0, 0.05) is 0 Å². The van der Waals surface area contributed by atoms with Gasteiger partial charge < -0.3 is 15.0 Å². The minimum absolute atomic E-state index is 0.105. The first-order valence-electron chi connectivity index (χ1n) is 4.27. The monoisotopic (exact) mass is 192 g/mol. The second kappa shape index (κ2) is 4.93. The van der Waals surface area contributed by atoms with E-state index < -0.39 is 8.56 Å². The topological polar surface area (TPSA) is 67.5 Å². The van der Waals surface area contributed by atoms with Gasteiger partial charge in [-0.1, -0.05) is 6.92 Å². The van der Waals surface area contributed by atoms with E-state index in [0.29, 0.717) is 0 Å². The van der Waals surface area contributed by atoms with Gasteiger partial charge in [-0.25, -0.2) is 0 Å². The van der Waals surface area contributed by atoms with Crippen LogP contribution in [0.3, 0.4) is 0 Å². The van der Waals surface area contributed by atoms with Crippen LogP contribution in [0.4, 0.5) is 0 Å². The minimum Gasteiger partial charge on any atom is -0.411 e. The molecule has 0 aliphatic carbocycles. The Morgan fingerprint density at radius 1 is 1.58 bits per heavy atom. The molecule has 4 nitrogen and oxygen atoms in total. The van der Waals surface area contributed by atoms with E-state index >= 15 is 0 Å². The van der Waals surface area contributed by atoms with Crippen LogP contribution in [-0.2, 0) is 4.43 Å². The van der Waals surface area contributed by atoms with Crippen LogP contribution in [-0.4, -0.2) is 25.8 Å². The molecule has 12 heavy (non-hydrogen) atoms. The van der Waals surface area contributed by atoms with Gasteiger partial charge in [0.2, 0.25) is 0 Å². The fourth-order valence-corrected chi connectivity index (χ4v) is 1.81. The Morgan fingerprint density at radius 2 is 2.08 bits per heavy atom. The Kier molecular flexibility index (Phi) is 4.96. The SMILES string of the molecule is CCC(NC(C)N)O[Si](C)(C)O. The van der Waals surface area contributed by atoms with E-state index in [9.17, 15) is 4.80 Å². The van der Waals surface area contributed by atoms with Crippen molar-refractivity contribution in [2.45, 2.75) is 45.8 Å². The van der Waals surface area contributed by atoms with Crippen molar-refractivity contribution in [3.8, 4) is 0 Å². The van der Waals surface area contributed by atoms with E-state index in [2.05, 4.69) is 5.32 Å². The predicted molar refractivity (Wildman–Crippen MR) is 51.6 cm³/mol. The van der Waals surface area contributed by atoms with E-state index in [4.69, 9.17) is 10.2 Å². The molecule has 4 N–H and O–H groups in total. The first kappa shape index (κ1) is 12.1. The Labute approximate surface area is 75.4 Å². The molecule has 0 aliphatic rings. The van der Waals surface area contributed by atoms with Crippen molar-refractivity contribution in [2.75, 3.05) is 0 Å². The summed E-state index contributed by atoms with van der Waals surface area (Å²) < 4.78 is 5.40. The smallest absolute Gasteiger partial charge is 0.330 e. The van der Waals surface area contributed by atoms with Gasteiger partial charge >= 0.3 is 8.56 Å². The molecule has 0 aromatic heterocycles. The lowest BCUT2D eigenvalue weighted by Crippen LogP contribution is -2.48. The zero-order valence-electron chi connectivity index (χ0n) is 8.29. The highest BCUT2D eigenvalue weighted by atomic mass is 28.4. The summed E-state index contributed by atoms with van der Waals surface area (Å²) in [6.07, 6.45) is 0.571. The third-order valence-corrected chi connectivity index (χ3v) is 2.11. The van der Waals surface area contributed by atoms with Crippen LogP contribution in [0.15, 0.2) is 0 Å². The summed E-state index contributed by atoms with van der Waals surface area (Å²) in [4.78, 5) is 9.47. The number of nitrogens with two attached hydrogens (primary N) is 1. The summed E-state index contributed by atoms with van der Waals surface area (Å²) in [6, 6.07) is 0. The number of rotatable bonds is 5. The molecule has 0 aromatic carbocycles. The summed E-state index contributed by atoms with van der Waals surface area (Å²) in [5.41, 5.74) is 5.53. The zero-order chi connectivity index (χ0) is 9.78. The van der Waals surface area contributed by atoms with Gasteiger partial charge in [-0.3, -0.25) is 5.32 Å². The van der Waals surface area contributed by atoms with Crippen molar-refractivity contribution in [1.82, 2.24) is 5.32 Å². The molecule has 2 unspecified atom stereocenters. The fraction of sp³-hybridized carbons (Fsp3) is 1.00. The fourth-order valence-electron chi connectivity index (χ4n) is 0.877. The lowest BCUT2D eigenvalue weighted by Gasteiger charge is -2.26. The summed E-state index contributed by atoms with van der Waals surface area (Å²) in [5, 5.41) is 3.02. The molecule has 0 radical (unpaired) electrons. The highest BCUT2D eigenvalue weighted by Crippen LogP contribution is 2.04. The van der Waals surface area contributed by atoms with Gasteiger partial charge in [-0.2, -0.15) is 0 Å². The average Bonchev–Trinajstić information content (AvgIpc) is 1.82. The van der Waals surface area contributed by atoms with Crippen LogP contribution < -0.4 is 11.1 Å². The van der Waals surface area contributed by atoms with Gasteiger partial charge in [0.25, 0.3) is 0 Å². The zero-order valence-corrected chi connectivity index (χ0v) is 9.29. The average molecular weight is 192 g/mol. The van der Waals surface area contributed by atoms with Crippen molar-refractivity contribution < 1.29 is 9.22 Å². The first-order valence-corrected chi connectivity index (χ1v) is 7.12. The second-order valence-corrected chi connectivity index (χ2v) is 6.55. The second-order valence-electron chi connectivity index (χ2n) is 3.42.